The van der Waals surface area contributed by atoms with E-state index in [0.717, 1.165) is 16.8 Å². The van der Waals surface area contributed by atoms with Gasteiger partial charge >= 0.3 is 0 Å². The number of nitrogens with zero attached hydrogens (tertiary/aromatic N) is 4. The van der Waals surface area contributed by atoms with E-state index in [2.05, 4.69) is 15.4 Å². The fourth-order valence-corrected chi connectivity index (χ4v) is 4.14. The maximum absolute atomic E-state index is 12.9. The molecule has 0 spiro atoms. The van der Waals surface area contributed by atoms with Crippen molar-refractivity contribution in [1.82, 2.24) is 25.0 Å². The average molecular weight is 466 g/mol. The molecule has 174 valence electrons. The number of nitrogens with one attached hydrogen (secondary N) is 1. The number of amides is 3. The van der Waals surface area contributed by atoms with Gasteiger partial charge in [0.25, 0.3) is 17.7 Å². The number of carbonyl (C=O) groups excluding carboxylic acids is 3. The highest BCUT2D eigenvalue weighted by Gasteiger charge is 2.35. The number of rotatable bonds is 7. The van der Waals surface area contributed by atoms with Crippen LogP contribution in [-0.4, -0.2) is 43.9 Å². The van der Waals surface area contributed by atoms with Crippen LogP contribution in [0, 0.1) is 0 Å². The molecule has 1 aliphatic heterocycles. The summed E-state index contributed by atoms with van der Waals surface area (Å²) in [5, 5.41) is 7.06. The molecule has 0 bridgehead atoms. The molecule has 2 heterocycles. The summed E-state index contributed by atoms with van der Waals surface area (Å²) < 4.78 is 1.65. The molecule has 1 unspecified atom stereocenters. The summed E-state index contributed by atoms with van der Waals surface area (Å²) in [7, 11) is 0. The Morgan fingerprint density at radius 3 is 2.40 bits per heavy atom. The zero-order chi connectivity index (χ0) is 24.4. The van der Waals surface area contributed by atoms with Crippen LogP contribution in [0.1, 0.15) is 55.2 Å². The summed E-state index contributed by atoms with van der Waals surface area (Å²) in [6.07, 6.45) is 3.66. The Hall–Kier alpha value is -4.59. The van der Waals surface area contributed by atoms with Gasteiger partial charge in [0.15, 0.2) is 0 Å². The first-order chi connectivity index (χ1) is 17.0. The summed E-state index contributed by atoms with van der Waals surface area (Å²) in [5.41, 5.74) is 3.76. The highest BCUT2D eigenvalue weighted by molar-refractivity contribution is 6.22. The van der Waals surface area contributed by atoms with Gasteiger partial charge in [-0.05, 0) is 54.8 Å². The first-order valence-corrected chi connectivity index (χ1v) is 11.3. The Morgan fingerprint density at radius 1 is 0.943 bits per heavy atom. The van der Waals surface area contributed by atoms with Gasteiger partial charge in [-0.3, -0.25) is 19.3 Å². The highest BCUT2D eigenvalue weighted by Crippen LogP contribution is 2.25. The number of fused-ring (bicyclic) bond motifs is 1. The van der Waals surface area contributed by atoms with Crippen LogP contribution in [0.4, 0.5) is 0 Å². The van der Waals surface area contributed by atoms with Crippen LogP contribution in [0.3, 0.4) is 0 Å². The van der Waals surface area contributed by atoms with Crippen LogP contribution in [0.15, 0.2) is 85.5 Å². The van der Waals surface area contributed by atoms with Crippen molar-refractivity contribution in [3.8, 4) is 5.69 Å². The Kier molecular flexibility index (Phi) is 5.93. The van der Waals surface area contributed by atoms with Crippen LogP contribution in [0.5, 0.6) is 0 Å². The summed E-state index contributed by atoms with van der Waals surface area (Å²) in [6.45, 7) is 2.18. The third kappa shape index (κ3) is 4.46. The number of aromatic nitrogens is 3. The van der Waals surface area contributed by atoms with E-state index in [9.17, 15) is 14.4 Å². The molecule has 8 nitrogen and oxygen atoms in total. The van der Waals surface area contributed by atoms with E-state index >= 15 is 0 Å². The SMILES string of the molecule is CC(NC(=O)c1ccc2c(c1)C(=O)N(CCc1ccccc1)C2=O)c1ccc(-n2cncn2)cc1. The molecule has 35 heavy (non-hydrogen) atoms. The monoisotopic (exact) mass is 465 g/mol. The van der Waals surface area contributed by atoms with Gasteiger partial charge in [0.05, 0.1) is 22.9 Å². The zero-order valence-electron chi connectivity index (χ0n) is 19.1. The van der Waals surface area contributed by atoms with E-state index in [1.807, 2.05) is 61.5 Å². The van der Waals surface area contributed by atoms with Crippen molar-refractivity contribution >= 4 is 17.7 Å². The van der Waals surface area contributed by atoms with E-state index in [1.165, 1.54) is 17.3 Å². The Labute approximate surface area is 202 Å². The van der Waals surface area contributed by atoms with Crippen LogP contribution in [0.2, 0.25) is 0 Å². The topological polar surface area (TPSA) is 97.2 Å². The quantitative estimate of drug-likeness (QED) is 0.421. The second kappa shape index (κ2) is 9.34. The maximum atomic E-state index is 12.9. The third-order valence-corrected chi connectivity index (χ3v) is 6.12. The van der Waals surface area contributed by atoms with E-state index < -0.39 is 0 Å². The van der Waals surface area contributed by atoms with Crippen LogP contribution in [-0.2, 0) is 6.42 Å². The number of benzene rings is 3. The van der Waals surface area contributed by atoms with Gasteiger partial charge in [-0.1, -0.05) is 42.5 Å². The van der Waals surface area contributed by atoms with Crippen molar-refractivity contribution in [1.29, 1.82) is 0 Å². The molecule has 0 aliphatic carbocycles. The van der Waals surface area contributed by atoms with Gasteiger partial charge in [-0.15, -0.1) is 0 Å². The van der Waals surface area contributed by atoms with Crippen molar-refractivity contribution in [3.05, 3.63) is 113 Å². The predicted octanol–water partition coefficient (Wildman–Crippen LogP) is 3.60. The van der Waals surface area contributed by atoms with E-state index in [1.54, 1.807) is 23.1 Å². The minimum atomic E-state index is -0.368. The molecule has 1 atom stereocenters. The number of imide groups is 1. The standard InChI is InChI=1S/C27H23N5O3/c1-18(20-7-10-22(11-8-20)32-17-28-16-29-32)30-25(33)21-9-12-23-24(15-21)27(35)31(26(23)34)14-13-19-5-3-2-4-6-19/h2-12,15-18H,13-14H2,1H3,(H,30,33). The summed E-state index contributed by atoms with van der Waals surface area (Å²) >= 11 is 0. The third-order valence-electron chi connectivity index (χ3n) is 6.12. The fourth-order valence-electron chi connectivity index (χ4n) is 4.14. The fraction of sp³-hybridized carbons (Fsp3) is 0.148. The van der Waals surface area contributed by atoms with Crippen molar-refractivity contribution < 1.29 is 14.4 Å². The lowest BCUT2D eigenvalue weighted by atomic mass is 10.0. The summed E-state index contributed by atoms with van der Waals surface area (Å²) in [4.78, 5) is 43.8. The molecule has 1 N–H and O–H groups in total. The molecule has 1 aliphatic rings. The van der Waals surface area contributed by atoms with Crippen molar-refractivity contribution in [2.75, 3.05) is 6.54 Å². The van der Waals surface area contributed by atoms with Crippen molar-refractivity contribution in [3.63, 3.8) is 0 Å². The van der Waals surface area contributed by atoms with Crippen LogP contribution >= 0.6 is 0 Å². The van der Waals surface area contributed by atoms with E-state index in [-0.39, 0.29) is 29.3 Å². The molecule has 5 rings (SSSR count). The first-order valence-electron chi connectivity index (χ1n) is 11.3. The molecule has 0 radical (unpaired) electrons. The summed E-state index contributed by atoms with van der Waals surface area (Å²) in [5.74, 6) is -1.01. The molecule has 1 aromatic heterocycles. The average Bonchev–Trinajstić information content (AvgIpc) is 3.51. The summed E-state index contributed by atoms with van der Waals surface area (Å²) in [6, 6.07) is 21.7. The lowest BCUT2D eigenvalue weighted by molar-refractivity contribution is 0.0656. The molecule has 3 aromatic carbocycles. The minimum Gasteiger partial charge on any atom is -0.346 e. The van der Waals surface area contributed by atoms with Crippen molar-refractivity contribution in [2.45, 2.75) is 19.4 Å². The highest BCUT2D eigenvalue weighted by atomic mass is 16.2. The molecule has 0 saturated heterocycles. The minimum absolute atomic E-state index is 0.264. The van der Waals surface area contributed by atoms with Gasteiger partial charge in [-0.2, -0.15) is 5.10 Å². The molecule has 8 heteroatoms. The molecular weight excluding hydrogens is 442 g/mol. The largest absolute Gasteiger partial charge is 0.346 e. The second-order valence-corrected chi connectivity index (χ2v) is 8.38. The smallest absolute Gasteiger partial charge is 0.261 e. The zero-order valence-corrected chi connectivity index (χ0v) is 19.1. The number of carbonyl (C=O) groups is 3. The first kappa shape index (κ1) is 22.2. The molecular formula is C27H23N5O3. The number of hydrogen-bond acceptors (Lipinski definition) is 5. The maximum Gasteiger partial charge on any atom is 0.261 e. The normalized spacial score (nSPS) is 13.6. The van der Waals surface area contributed by atoms with E-state index in [4.69, 9.17) is 0 Å². The predicted molar refractivity (Wildman–Crippen MR) is 129 cm³/mol. The van der Waals surface area contributed by atoms with E-state index in [0.29, 0.717) is 24.1 Å². The van der Waals surface area contributed by atoms with Gasteiger partial charge < -0.3 is 5.32 Å². The molecule has 3 amide bonds. The van der Waals surface area contributed by atoms with Crippen LogP contribution in [0.25, 0.3) is 5.69 Å². The van der Waals surface area contributed by atoms with Crippen molar-refractivity contribution in [2.24, 2.45) is 0 Å². The Morgan fingerprint density at radius 2 is 1.69 bits per heavy atom. The lowest BCUT2D eigenvalue weighted by Crippen LogP contribution is -2.31. The number of hydrogen-bond donors (Lipinski definition) is 1. The van der Waals surface area contributed by atoms with Gasteiger partial charge in [0.1, 0.15) is 12.7 Å². The molecule has 4 aromatic rings. The Balaban J connectivity index is 1.26. The lowest BCUT2D eigenvalue weighted by Gasteiger charge is -2.15. The van der Waals surface area contributed by atoms with Crippen LogP contribution < -0.4 is 5.32 Å². The molecule has 0 saturated carbocycles. The molecule has 0 fully saturated rings. The van der Waals surface area contributed by atoms with Gasteiger partial charge in [0, 0.05) is 12.1 Å². The van der Waals surface area contributed by atoms with Gasteiger partial charge in [-0.25, -0.2) is 9.67 Å². The van der Waals surface area contributed by atoms with Gasteiger partial charge in [0.2, 0.25) is 0 Å². The Bertz CT molecular complexity index is 1380. The second-order valence-electron chi connectivity index (χ2n) is 8.38.